The second-order valence-corrected chi connectivity index (χ2v) is 16.4. The highest BCUT2D eigenvalue weighted by Crippen LogP contribution is 2.38. The summed E-state index contributed by atoms with van der Waals surface area (Å²) in [4.78, 5) is 25.0. The van der Waals surface area contributed by atoms with Crippen LogP contribution in [0.25, 0.3) is 0 Å². The molecule has 0 aliphatic carbocycles. The van der Waals surface area contributed by atoms with Gasteiger partial charge >= 0.3 is 0 Å². The molecule has 0 fully saturated rings. The molecule has 3 atom stereocenters. The summed E-state index contributed by atoms with van der Waals surface area (Å²) in [6.45, 7) is 4.59. The monoisotopic (exact) mass is 703 g/mol. The molecule has 0 aromatic rings. The minimum atomic E-state index is -4.57. The molecule has 0 saturated carbocycles. The van der Waals surface area contributed by atoms with Gasteiger partial charge in [0.05, 0.1) is 39.9 Å². The Morgan fingerprint density at radius 1 is 0.708 bits per heavy atom. The number of carbonyl (C=O) groups is 1. The maximum absolute atomic E-state index is 12.7. The number of aliphatic hydroxyl groups is 1. The van der Waals surface area contributed by atoms with Gasteiger partial charge in [-0.15, -0.1) is 0 Å². The molecule has 8 nitrogen and oxygen atoms in total. The lowest BCUT2D eigenvalue weighted by Gasteiger charge is -2.29. The van der Waals surface area contributed by atoms with E-state index in [0.717, 1.165) is 38.5 Å². The van der Waals surface area contributed by atoms with Gasteiger partial charge in [-0.05, 0) is 19.3 Å². The predicted octanol–water partition coefficient (Wildman–Crippen LogP) is 9.78. The minimum absolute atomic E-state index is 0.00136. The number of nitrogens with one attached hydrogen (secondary N) is 1. The summed E-state index contributed by atoms with van der Waals surface area (Å²) in [5.41, 5.74) is 0. The van der Waals surface area contributed by atoms with Gasteiger partial charge in [0.2, 0.25) is 5.91 Å². The fourth-order valence-electron chi connectivity index (χ4n) is 5.74. The predicted molar refractivity (Wildman–Crippen MR) is 201 cm³/mol. The van der Waals surface area contributed by atoms with Crippen LogP contribution in [-0.2, 0) is 18.4 Å². The third-order valence-corrected chi connectivity index (χ3v) is 9.96. The number of phosphoric acid groups is 1. The van der Waals surface area contributed by atoms with E-state index in [1.807, 2.05) is 27.2 Å². The number of rotatable bonds is 36. The lowest BCUT2D eigenvalue weighted by molar-refractivity contribution is -0.870. The number of phosphoric ester groups is 1. The van der Waals surface area contributed by atoms with E-state index in [4.69, 9.17) is 9.05 Å². The van der Waals surface area contributed by atoms with Crippen LogP contribution in [0, 0.1) is 0 Å². The molecule has 3 unspecified atom stereocenters. The Kier molecular flexibility index (Phi) is 31.7. The molecular formula is C39H79N2O6P. The van der Waals surface area contributed by atoms with Crippen molar-refractivity contribution in [2.24, 2.45) is 0 Å². The molecule has 9 heteroatoms. The molecule has 0 heterocycles. The first-order chi connectivity index (χ1) is 23.0. The van der Waals surface area contributed by atoms with Crippen molar-refractivity contribution in [3.05, 3.63) is 12.2 Å². The third-order valence-electron chi connectivity index (χ3n) is 9.00. The van der Waals surface area contributed by atoms with Gasteiger partial charge in [-0.1, -0.05) is 167 Å². The molecule has 2 N–H and O–H groups in total. The molecule has 1 amide bonds. The number of amides is 1. The summed E-state index contributed by atoms with van der Waals surface area (Å²) in [6, 6.07) is -0.877. The van der Waals surface area contributed by atoms with Crippen molar-refractivity contribution in [2.75, 3.05) is 40.9 Å². The standard InChI is InChI=1S/C39H79N2O6P/c1-6-8-10-12-14-15-16-17-18-19-20-21-22-23-24-25-27-28-30-32-38(42)37(36-47-48(44,45)46-35-34-41(3,4)5)40-39(43)33-31-29-26-13-11-9-7-2/h30,32,37-38,42H,6-29,31,33-36H2,1-5H3,(H-,40,43,44,45)/b32-30+. The maximum Gasteiger partial charge on any atom is 0.268 e. The first-order valence-corrected chi connectivity index (χ1v) is 21.5. The number of carbonyl (C=O) groups excluding carboxylic acids is 1. The highest BCUT2D eigenvalue weighted by atomic mass is 31.2. The second kappa shape index (κ2) is 32.2. The van der Waals surface area contributed by atoms with Crippen LogP contribution in [0.5, 0.6) is 0 Å². The average Bonchev–Trinajstić information content (AvgIpc) is 3.02. The van der Waals surface area contributed by atoms with Gasteiger partial charge in [0.1, 0.15) is 13.2 Å². The summed E-state index contributed by atoms with van der Waals surface area (Å²) >= 11 is 0. The van der Waals surface area contributed by atoms with Crippen molar-refractivity contribution >= 4 is 13.7 Å². The molecule has 0 aromatic carbocycles. The van der Waals surface area contributed by atoms with Crippen LogP contribution < -0.4 is 10.2 Å². The Morgan fingerprint density at radius 3 is 1.56 bits per heavy atom. The number of allylic oxidation sites excluding steroid dienone is 1. The largest absolute Gasteiger partial charge is 0.756 e. The Hall–Kier alpha value is -0.760. The zero-order chi connectivity index (χ0) is 35.8. The van der Waals surface area contributed by atoms with Gasteiger partial charge < -0.3 is 28.8 Å². The second-order valence-electron chi connectivity index (χ2n) is 15.0. The van der Waals surface area contributed by atoms with E-state index >= 15 is 0 Å². The van der Waals surface area contributed by atoms with Crippen LogP contribution in [0.4, 0.5) is 0 Å². The number of hydrogen-bond acceptors (Lipinski definition) is 6. The number of likely N-dealkylation sites (N-methyl/N-ethyl adjacent to an activating group) is 1. The van der Waals surface area contributed by atoms with Gasteiger partial charge in [-0.2, -0.15) is 0 Å². The lowest BCUT2D eigenvalue weighted by atomic mass is 10.0. The molecule has 286 valence electrons. The highest BCUT2D eigenvalue weighted by molar-refractivity contribution is 7.45. The Balaban J connectivity index is 4.34. The molecule has 0 aromatic heterocycles. The Morgan fingerprint density at radius 2 is 1.12 bits per heavy atom. The smallest absolute Gasteiger partial charge is 0.268 e. The summed E-state index contributed by atoms with van der Waals surface area (Å²) in [5, 5.41) is 13.7. The lowest BCUT2D eigenvalue weighted by Crippen LogP contribution is -2.45. The van der Waals surface area contributed by atoms with Crippen LogP contribution in [-0.4, -0.2) is 68.5 Å². The third kappa shape index (κ3) is 33.7. The molecule has 0 rings (SSSR count). The molecule has 0 bridgehead atoms. The highest BCUT2D eigenvalue weighted by Gasteiger charge is 2.23. The number of unbranched alkanes of at least 4 members (excludes halogenated alkanes) is 23. The SMILES string of the molecule is CCCCCCCCCCCCCCCCCCC/C=C/C(O)C(COP(=O)([O-])OCC[N+](C)(C)C)NC(=O)CCCCCCCCC. The first-order valence-electron chi connectivity index (χ1n) is 20.1. The molecule has 0 aliphatic heterocycles. The fraction of sp³-hybridized carbons (Fsp3) is 0.923. The Bertz CT molecular complexity index is 804. The van der Waals surface area contributed by atoms with E-state index in [1.54, 1.807) is 6.08 Å². The quantitative estimate of drug-likeness (QED) is 0.0291. The van der Waals surface area contributed by atoms with Crippen LogP contribution >= 0.6 is 7.82 Å². The van der Waals surface area contributed by atoms with Crippen molar-refractivity contribution < 1.29 is 32.9 Å². The van der Waals surface area contributed by atoms with E-state index in [2.05, 4.69) is 19.2 Å². The Labute approximate surface area is 297 Å². The zero-order valence-corrected chi connectivity index (χ0v) is 33.1. The average molecular weight is 703 g/mol. The van der Waals surface area contributed by atoms with Gasteiger partial charge in [0, 0.05) is 6.42 Å². The molecule has 0 aliphatic rings. The van der Waals surface area contributed by atoms with Crippen molar-refractivity contribution in [2.45, 2.75) is 193 Å². The fourth-order valence-corrected chi connectivity index (χ4v) is 6.46. The van der Waals surface area contributed by atoms with Gasteiger partial charge in [-0.3, -0.25) is 9.36 Å². The van der Waals surface area contributed by atoms with Crippen molar-refractivity contribution in [3.63, 3.8) is 0 Å². The number of nitrogens with zero attached hydrogens (tertiary/aromatic N) is 1. The summed E-state index contributed by atoms with van der Waals surface area (Å²) < 4.78 is 23.0. The minimum Gasteiger partial charge on any atom is -0.756 e. The number of hydrogen-bond donors (Lipinski definition) is 2. The van der Waals surface area contributed by atoms with E-state index in [9.17, 15) is 19.4 Å². The van der Waals surface area contributed by atoms with Crippen LogP contribution in [0.15, 0.2) is 12.2 Å². The molecule has 0 saturated heterocycles. The van der Waals surface area contributed by atoms with Crippen LogP contribution in [0.2, 0.25) is 0 Å². The molecule has 0 spiro atoms. The van der Waals surface area contributed by atoms with E-state index in [1.165, 1.54) is 122 Å². The van der Waals surface area contributed by atoms with E-state index < -0.39 is 20.0 Å². The van der Waals surface area contributed by atoms with Crippen molar-refractivity contribution in [1.82, 2.24) is 5.32 Å². The normalized spacial score (nSPS) is 14.7. The van der Waals surface area contributed by atoms with Gasteiger partial charge in [0.25, 0.3) is 7.82 Å². The topological polar surface area (TPSA) is 108 Å². The van der Waals surface area contributed by atoms with Crippen LogP contribution in [0.1, 0.15) is 181 Å². The van der Waals surface area contributed by atoms with Crippen LogP contribution in [0.3, 0.4) is 0 Å². The summed E-state index contributed by atoms with van der Waals surface area (Å²) in [5.74, 6) is -0.204. The van der Waals surface area contributed by atoms with Crippen molar-refractivity contribution in [3.8, 4) is 0 Å². The summed E-state index contributed by atoms with van der Waals surface area (Å²) in [6.07, 6.45) is 34.1. The maximum atomic E-state index is 12.7. The number of quaternary nitrogens is 1. The summed E-state index contributed by atoms with van der Waals surface area (Å²) in [7, 11) is 1.26. The van der Waals surface area contributed by atoms with Gasteiger partial charge in [-0.25, -0.2) is 0 Å². The van der Waals surface area contributed by atoms with E-state index in [-0.39, 0.29) is 19.1 Å². The van der Waals surface area contributed by atoms with Gasteiger partial charge in [0.15, 0.2) is 0 Å². The first kappa shape index (κ1) is 47.2. The van der Waals surface area contributed by atoms with Crippen molar-refractivity contribution in [1.29, 1.82) is 0 Å². The van der Waals surface area contributed by atoms with E-state index in [0.29, 0.717) is 17.4 Å². The number of aliphatic hydroxyl groups excluding tert-OH is 1. The molecular weight excluding hydrogens is 623 g/mol. The zero-order valence-electron chi connectivity index (χ0n) is 32.2. The molecule has 0 radical (unpaired) electrons. The molecule has 48 heavy (non-hydrogen) atoms.